The molecule has 2 atom stereocenters. The Balaban J connectivity index is 0.00000210. The van der Waals surface area contributed by atoms with Crippen molar-refractivity contribution in [3.63, 3.8) is 0 Å². The van der Waals surface area contributed by atoms with E-state index in [1.54, 1.807) is 0 Å². The molecule has 3 nitrogen and oxygen atoms in total. The monoisotopic (exact) mass is 377 g/mol. The summed E-state index contributed by atoms with van der Waals surface area (Å²) in [5.41, 5.74) is 3.77. The van der Waals surface area contributed by atoms with Crippen LogP contribution in [0.3, 0.4) is 0 Å². The van der Waals surface area contributed by atoms with Crippen molar-refractivity contribution in [1.82, 2.24) is 10.2 Å². The highest BCUT2D eigenvalue weighted by Gasteiger charge is 2.32. The number of nitrogens with one attached hydrogen (secondary N) is 1. The highest BCUT2D eigenvalue weighted by atomic mass is 35.5. The van der Waals surface area contributed by atoms with Gasteiger partial charge in [-0.15, -0.1) is 12.4 Å². The predicted octanol–water partition coefficient (Wildman–Crippen LogP) is 4.98. The number of hydrogen-bond acceptors (Lipinski definition) is 3. The van der Waals surface area contributed by atoms with Gasteiger partial charge in [-0.2, -0.15) is 0 Å². The van der Waals surface area contributed by atoms with E-state index in [-0.39, 0.29) is 24.5 Å². The van der Waals surface area contributed by atoms with Gasteiger partial charge >= 0.3 is 0 Å². The molecule has 0 saturated carbocycles. The van der Waals surface area contributed by atoms with Crippen LogP contribution in [0.1, 0.15) is 28.8 Å². The van der Waals surface area contributed by atoms with Crippen molar-refractivity contribution in [2.75, 3.05) is 7.05 Å². The maximum Gasteiger partial charge on any atom is 0.195 e. The Labute approximate surface area is 167 Å². The zero-order valence-electron chi connectivity index (χ0n) is 15.3. The fourth-order valence-corrected chi connectivity index (χ4v) is 3.45. The SMILES string of the molecule is CN(Cc1ccccc1)C1=NC(c2ccccc2)C(c2ccccc2)N1.Cl. The molecule has 1 heterocycles. The molecule has 1 aliphatic rings. The maximum atomic E-state index is 5.04. The van der Waals surface area contributed by atoms with Gasteiger partial charge in [0.2, 0.25) is 0 Å². The lowest BCUT2D eigenvalue weighted by molar-refractivity contribution is 0.477. The molecule has 0 fully saturated rings. The second kappa shape index (κ2) is 8.74. The Hall–Kier alpha value is -2.78. The second-order valence-corrected chi connectivity index (χ2v) is 6.68. The number of nitrogens with zero attached hydrogens (tertiary/aromatic N) is 2. The molecule has 0 spiro atoms. The lowest BCUT2D eigenvalue weighted by Gasteiger charge is -2.22. The summed E-state index contributed by atoms with van der Waals surface area (Å²) in [5, 5.41) is 3.65. The zero-order valence-corrected chi connectivity index (χ0v) is 16.1. The molecular weight excluding hydrogens is 354 g/mol. The van der Waals surface area contributed by atoms with Crippen molar-refractivity contribution in [2.45, 2.75) is 18.6 Å². The molecule has 3 aromatic carbocycles. The molecule has 0 aromatic heterocycles. The van der Waals surface area contributed by atoms with E-state index in [2.05, 4.69) is 102 Å². The van der Waals surface area contributed by atoms with E-state index >= 15 is 0 Å². The van der Waals surface area contributed by atoms with Crippen LogP contribution in [0, 0.1) is 0 Å². The fraction of sp³-hybridized carbons (Fsp3) is 0.174. The molecule has 0 radical (unpaired) electrons. The number of rotatable bonds is 4. The van der Waals surface area contributed by atoms with Gasteiger partial charge < -0.3 is 10.2 Å². The van der Waals surface area contributed by atoms with Crippen LogP contribution in [0.5, 0.6) is 0 Å². The Morgan fingerprint density at radius 2 is 1.30 bits per heavy atom. The highest BCUT2D eigenvalue weighted by Crippen LogP contribution is 2.36. The van der Waals surface area contributed by atoms with Gasteiger partial charge in [-0.3, -0.25) is 0 Å². The first-order chi connectivity index (χ1) is 12.8. The van der Waals surface area contributed by atoms with Gasteiger partial charge in [0.15, 0.2) is 5.96 Å². The van der Waals surface area contributed by atoms with Crippen molar-refractivity contribution < 1.29 is 0 Å². The molecule has 4 heteroatoms. The van der Waals surface area contributed by atoms with Crippen molar-refractivity contribution in [1.29, 1.82) is 0 Å². The summed E-state index contributed by atoms with van der Waals surface area (Å²) < 4.78 is 0. The van der Waals surface area contributed by atoms with Gasteiger partial charge in [-0.25, -0.2) is 4.99 Å². The minimum absolute atomic E-state index is 0. The predicted molar refractivity (Wildman–Crippen MR) is 114 cm³/mol. The second-order valence-electron chi connectivity index (χ2n) is 6.68. The standard InChI is InChI=1S/C23H23N3.ClH/c1-26(17-18-11-5-2-6-12-18)23-24-21(19-13-7-3-8-14-19)22(25-23)20-15-9-4-10-16-20;/h2-16,21-22H,17H2,1H3,(H,24,25);1H. The summed E-state index contributed by atoms with van der Waals surface area (Å²) in [5.74, 6) is 0.941. The summed E-state index contributed by atoms with van der Waals surface area (Å²) in [6, 6.07) is 31.8. The first-order valence-electron chi connectivity index (χ1n) is 9.00. The Bertz CT molecular complexity index is 866. The smallest absolute Gasteiger partial charge is 0.195 e. The first-order valence-corrected chi connectivity index (χ1v) is 9.00. The Morgan fingerprint density at radius 3 is 1.89 bits per heavy atom. The third-order valence-corrected chi connectivity index (χ3v) is 4.79. The Morgan fingerprint density at radius 1 is 0.778 bits per heavy atom. The van der Waals surface area contributed by atoms with Gasteiger partial charge in [0.25, 0.3) is 0 Å². The molecule has 0 aliphatic carbocycles. The van der Waals surface area contributed by atoms with Crippen LogP contribution in [-0.2, 0) is 6.54 Å². The van der Waals surface area contributed by atoms with Crippen LogP contribution < -0.4 is 5.32 Å². The van der Waals surface area contributed by atoms with E-state index in [4.69, 9.17) is 4.99 Å². The van der Waals surface area contributed by atoms with E-state index in [1.807, 2.05) is 6.07 Å². The number of guanidine groups is 1. The molecule has 1 aliphatic heterocycles. The first kappa shape index (κ1) is 19.0. The topological polar surface area (TPSA) is 27.6 Å². The van der Waals surface area contributed by atoms with E-state index < -0.39 is 0 Å². The summed E-state index contributed by atoms with van der Waals surface area (Å²) in [7, 11) is 2.09. The zero-order chi connectivity index (χ0) is 17.8. The average molecular weight is 378 g/mol. The molecule has 4 rings (SSSR count). The van der Waals surface area contributed by atoms with Crippen molar-refractivity contribution >= 4 is 18.4 Å². The van der Waals surface area contributed by atoms with Gasteiger partial charge in [-0.05, 0) is 16.7 Å². The molecule has 3 aromatic rings. The Kier molecular flexibility index (Phi) is 6.15. The molecule has 138 valence electrons. The minimum atomic E-state index is 0. The molecule has 2 unspecified atom stereocenters. The van der Waals surface area contributed by atoms with E-state index in [9.17, 15) is 0 Å². The van der Waals surface area contributed by atoms with Crippen LogP contribution in [0.15, 0.2) is 96.0 Å². The molecule has 1 N–H and O–H groups in total. The van der Waals surface area contributed by atoms with Crippen molar-refractivity contribution in [3.8, 4) is 0 Å². The molecular formula is C23H24ClN3. The van der Waals surface area contributed by atoms with Gasteiger partial charge in [0.1, 0.15) is 6.04 Å². The number of aliphatic imine (C=N–C) groups is 1. The number of halogens is 1. The lowest BCUT2D eigenvalue weighted by Crippen LogP contribution is -2.36. The van der Waals surface area contributed by atoms with Crippen LogP contribution >= 0.6 is 12.4 Å². The lowest BCUT2D eigenvalue weighted by atomic mass is 9.95. The van der Waals surface area contributed by atoms with Gasteiger partial charge in [0.05, 0.1) is 6.04 Å². The molecule has 27 heavy (non-hydrogen) atoms. The summed E-state index contributed by atoms with van der Waals surface area (Å²) in [6.45, 7) is 0.829. The van der Waals surface area contributed by atoms with Crippen LogP contribution in [0.25, 0.3) is 0 Å². The minimum Gasteiger partial charge on any atom is -0.347 e. The van der Waals surface area contributed by atoms with Gasteiger partial charge in [-0.1, -0.05) is 91.0 Å². The molecule has 0 bridgehead atoms. The molecule has 0 amide bonds. The van der Waals surface area contributed by atoms with Crippen molar-refractivity contribution in [3.05, 3.63) is 108 Å². The van der Waals surface area contributed by atoms with Crippen LogP contribution in [-0.4, -0.2) is 17.9 Å². The van der Waals surface area contributed by atoms with E-state index in [1.165, 1.54) is 16.7 Å². The summed E-state index contributed by atoms with van der Waals surface area (Å²) in [4.78, 5) is 7.23. The third-order valence-electron chi connectivity index (χ3n) is 4.79. The van der Waals surface area contributed by atoms with Crippen LogP contribution in [0.4, 0.5) is 0 Å². The number of benzene rings is 3. The quantitative estimate of drug-likeness (QED) is 0.694. The third kappa shape index (κ3) is 4.32. The summed E-state index contributed by atoms with van der Waals surface area (Å²) in [6.07, 6.45) is 0. The summed E-state index contributed by atoms with van der Waals surface area (Å²) >= 11 is 0. The highest BCUT2D eigenvalue weighted by molar-refractivity contribution is 5.85. The van der Waals surface area contributed by atoms with Gasteiger partial charge in [0, 0.05) is 13.6 Å². The molecule has 0 saturated heterocycles. The normalized spacial score (nSPS) is 18.2. The van der Waals surface area contributed by atoms with E-state index in [0.29, 0.717) is 0 Å². The van der Waals surface area contributed by atoms with E-state index in [0.717, 1.165) is 12.5 Å². The number of hydrogen-bond donors (Lipinski definition) is 1. The largest absolute Gasteiger partial charge is 0.347 e. The van der Waals surface area contributed by atoms with Crippen molar-refractivity contribution in [2.24, 2.45) is 4.99 Å². The fourth-order valence-electron chi connectivity index (χ4n) is 3.45. The van der Waals surface area contributed by atoms with Crippen LogP contribution in [0.2, 0.25) is 0 Å². The average Bonchev–Trinajstić information content (AvgIpc) is 3.16. The maximum absolute atomic E-state index is 5.04.